The topological polar surface area (TPSA) is 71.5 Å². The van der Waals surface area contributed by atoms with Gasteiger partial charge in [-0.15, -0.1) is 0 Å². The maximum absolute atomic E-state index is 12.9. The molecule has 1 unspecified atom stereocenters. The van der Waals surface area contributed by atoms with Gasteiger partial charge in [-0.05, 0) is 17.2 Å². The van der Waals surface area contributed by atoms with Crippen LogP contribution in [0, 0.1) is 0 Å². The highest BCUT2D eigenvalue weighted by Gasteiger charge is 2.33. The Kier molecular flexibility index (Phi) is 4.42. The standard InChI is InChI=1S/C20H21N3O3/c1-13(24)23-11-15-5-3-2-4-14(15)9-19(23)20(25)22-17-8-16-12-26-7-6-18(16)21-10-17/h2-5,8,10,19H,6-7,9,11-12H2,1H3,(H,22,25). The number of anilines is 1. The van der Waals surface area contributed by atoms with Crippen molar-refractivity contribution in [3.63, 3.8) is 0 Å². The highest BCUT2D eigenvalue weighted by Crippen LogP contribution is 2.25. The minimum atomic E-state index is -0.519. The van der Waals surface area contributed by atoms with Crippen molar-refractivity contribution in [3.8, 4) is 0 Å². The zero-order chi connectivity index (χ0) is 18.1. The molecule has 1 aromatic carbocycles. The molecule has 1 N–H and O–H groups in total. The molecule has 0 saturated heterocycles. The van der Waals surface area contributed by atoms with E-state index in [9.17, 15) is 9.59 Å². The molecule has 134 valence electrons. The predicted molar refractivity (Wildman–Crippen MR) is 96.4 cm³/mol. The number of ether oxygens (including phenoxy) is 1. The summed E-state index contributed by atoms with van der Waals surface area (Å²) in [4.78, 5) is 31.0. The Balaban J connectivity index is 1.55. The normalized spacial score (nSPS) is 18.7. The smallest absolute Gasteiger partial charge is 0.247 e. The molecular formula is C20H21N3O3. The third-order valence-electron chi connectivity index (χ3n) is 5.02. The molecule has 1 atom stereocenters. The summed E-state index contributed by atoms with van der Waals surface area (Å²) in [5.74, 6) is -0.287. The lowest BCUT2D eigenvalue weighted by Gasteiger charge is -2.35. The molecule has 2 aromatic rings. The van der Waals surface area contributed by atoms with Gasteiger partial charge in [-0.25, -0.2) is 0 Å². The van der Waals surface area contributed by atoms with Gasteiger partial charge in [0, 0.05) is 37.6 Å². The number of rotatable bonds is 2. The van der Waals surface area contributed by atoms with E-state index in [2.05, 4.69) is 10.3 Å². The van der Waals surface area contributed by atoms with Crippen LogP contribution in [0.2, 0.25) is 0 Å². The Bertz CT molecular complexity index is 865. The molecule has 0 bridgehead atoms. The van der Waals surface area contributed by atoms with Gasteiger partial charge in [-0.3, -0.25) is 14.6 Å². The van der Waals surface area contributed by atoms with E-state index in [0.717, 1.165) is 28.8 Å². The largest absolute Gasteiger partial charge is 0.376 e. The van der Waals surface area contributed by atoms with E-state index in [0.29, 0.717) is 31.9 Å². The molecule has 2 aliphatic rings. The lowest BCUT2D eigenvalue weighted by atomic mass is 9.93. The van der Waals surface area contributed by atoms with E-state index in [1.807, 2.05) is 30.3 Å². The van der Waals surface area contributed by atoms with Crippen molar-refractivity contribution in [3.05, 3.63) is 58.9 Å². The third kappa shape index (κ3) is 3.20. The number of carbonyl (C=O) groups excluding carboxylic acids is 2. The maximum Gasteiger partial charge on any atom is 0.247 e. The lowest BCUT2D eigenvalue weighted by Crippen LogP contribution is -2.49. The Morgan fingerprint density at radius 3 is 2.85 bits per heavy atom. The summed E-state index contributed by atoms with van der Waals surface area (Å²) in [6.07, 6.45) is 2.99. The van der Waals surface area contributed by atoms with E-state index >= 15 is 0 Å². The number of aromatic nitrogens is 1. The van der Waals surface area contributed by atoms with E-state index in [-0.39, 0.29) is 11.8 Å². The first-order valence-electron chi connectivity index (χ1n) is 8.82. The molecule has 0 aliphatic carbocycles. The van der Waals surface area contributed by atoms with Gasteiger partial charge in [0.05, 0.1) is 25.1 Å². The Labute approximate surface area is 152 Å². The number of amides is 2. The average Bonchev–Trinajstić information content (AvgIpc) is 2.66. The summed E-state index contributed by atoms with van der Waals surface area (Å²) >= 11 is 0. The van der Waals surface area contributed by atoms with Gasteiger partial charge in [0.2, 0.25) is 11.8 Å². The summed E-state index contributed by atoms with van der Waals surface area (Å²) in [6, 6.07) is 9.34. The van der Waals surface area contributed by atoms with Crippen LogP contribution in [0.4, 0.5) is 5.69 Å². The number of fused-ring (bicyclic) bond motifs is 2. The number of hydrogen-bond acceptors (Lipinski definition) is 4. The molecule has 0 saturated carbocycles. The van der Waals surface area contributed by atoms with Gasteiger partial charge in [-0.1, -0.05) is 24.3 Å². The van der Waals surface area contributed by atoms with Crippen molar-refractivity contribution in [1.82, 2.24) is 9.88 Å². The second-order valence-corrected chi connectivity index (χ2v) is 6.76. The summed E-state index contributed by atoms with van der Waals surface area (Å²) in [5, 5.41) is 2.93. The molecule has 6 heteroatoms. The van der Waals surface area contributed by atoms with Gasteiger partial charge in [0.1, 0.15) is 6.04 Å². The van der Waals surface area contributed by atoms with Crippen molar-refractivity contribution in [1.29, 1.82) is 0 Å². The first-order valence-corrected chi connectivity index (χ1v) is 8.82. The molecule has 6 nitrogen and oxygen atoms in total. The van der Waals surface area contributed by atoms with Crippen molar-refractivity contribution in [2.75, 3.05) is 11.9 Å². The number of nitrogens with one attached hydrogen (secondary N) is 1. The van der Waals surface area contributed by atoms with Crippen LogP contribution in [0.1, 0.15) is 29.3 Å². The van der Waals surface area contributed by atoms with Gasteiger partial charge in [0.15, 0.2) is 0 Å². The lowest BCUT2D eigenvalue weighted by molar-refractivity contribution is -0.138. The summed E-state index contributed by atoms with van der Waals surface area (Å²) in [5.41, 5.74) is 4.88. The quantitative estimate of drug-likeness (QED) is 0.899. The van der Waals surface area contributed by atoms with Crippen LogP contribution in [-0.4, -0.2) is 34.3 Å². The molecular weight excluding hydrogens is 330 g/mol. The third-order valence-corrected chi connectivity index (χ3v) is 5.02. The van der Waals surface area contributed by atoms with Crippen molar-refractivity contribution < 1.29 is 14.3 Å². The van der Waals surface area contributed by atoms with Crippen LogP contribution in [0.5, 0.6) is 0 Å². The van der Waals surface area contributed by atoms with Crippen LogP contribution in [-0.2, 0) is 40.3 Å². The molecule has 4 rings (SSSR count). The van der Waals surface area contributed by atoms with E-state index in [1.54, 1.807) is 11.1 Å². The predicted octanol–water partition coefficient (Wildman–Crippen LogP) is 2.07. The first kappa shape index (κ1) is 16.7. The molecule has 0 fully saturated rings. The van der Waals surface area contributed by atoms with E-state index in [1.165, 1.54) is 6.92 Å². The zero-order valence-electron chi connectivity index (χ0n) is 14.7. The van der Waals surface area contributed by atoms with Crippen molar-refractivity contribution in [2.45, 2.75) is 39.0 Å². The minimum Gasteiger partial charge on any atom is -0.376 e. The first-order chi connectivity index (χ1) is 12.6. The molecule has 2 amide bonds. The molecule has 2 aliphatic heterocycles. The zero-order valence-corrected chi connectivity index (χ0v) is 14.7. The average molecular weight is 351 g/mol. The molecule has 0 radical (unpaired) electrons. The Morgan fingerprint density at radius 2 is 2.04 bits per heavy atom. The fourth-order valence-corrected chi connectivity index (χ4v) is 3.62. The summed E-state index contributed by atoms with van der Waals surface area (Å²) in [6.45, 7) is 3.16. The Hall–Kier alpha value is -2.73. The molecule has 0 spiro atoms. The molecule has 1 aromatic heterocycles. The van der Waals surface area contributed by atoms with Gasteiger partial charge in [0.25, 0.3) is 0 Å². The van der Waals surface area contributed by atoms with Gasteiger partial charge in [-0.2, -0.15) is 0 Å². The SMILES string of the molecule is CC(=O)N1Cc2ccccc2CC1C(=O)Nc1cnc2c(c1)COCC2. The molecule has 3 heterocycles. The summed E-state index contributed by atoms with van der Waals surface area (Å²) < 4.78 is 5.45. The van der Waals surface area contributed by atoms with Crippen LogP contribution in [0.3, 0.4) is 0 Å². The van der Waals surface area contributed by atoms with Crippen LogP contribution in [0.15, 0.2) is 36.5 Å². The molecule has 26 heavy (non-hydrogen) atoms. The van der Waals surface area contributed by atoms with Crippen molar-refractivity contribution >= 4 is 17.5 Å². The van der Waals surface area contributed by atoms with Crippen LogP contribution < -0.4 is 5.32 Å². The number of pyridine rings is 1. The maximum atomic E-state index is 12.9. The summed E-state index contributed by atoms with van der Waals surface area (Å²) in [7, 11) is 0. The van der Waals surface area contributed by atoms with Crippen LogP contribution >= 0.6 is 0 Å². The highest BCUT2D eigenvalue weighted by molar-refractivity contribution is 5.97. The highest BCUT2D eigenvalue weighted by atomic mass is 16.5. The van der Waals surface area contributed by atoms with Crippen LogP contribution in [0.25, 0.3) is 0 Å². The number of nitrogens with zero attached hydrogens (tertiary/aromatic N) is 2. The van der Waals surface area contributed by atoms with Gasteiger partial charge < -0.3 is 15.0 Å². The van der Waals surface area contributed by atoms with E-state index < -0.39 is 6.04 Å². The van der Waals surface area contributed by atoms with Gasteiger partial charge >= 0.3 is 0 Å². The number of benzene rings is 1. The fraction of sp³-hybridized carbons (Fsp3) is 0.350. The Morgan fingerprint density at radius 1 is 1.23 bits per heavy atom. The second kappa shape index (κ2) is 6.88. The minimum absolute atomic E-state index is 0.100. The number of carbonyl (C=O) groups is 2. The number of hydrogen-bond donors (Lipinski definition) is 1. The van der Waals surface area contributed by atoms with Crippen molar-refractivity contribution in [2.24, 2.45) is 0 Å². The van der Waals surface area contributed by atoms with E-state index in [4.69, 9.17) is 4.74 Å². The monoisotopic (exact) mass is 351 g/mol. The second-order valence-electron chi connectivity index (χ2n) is 6.76. The fourth-order valence-electron chi connectivity index (χ4n) is 3.62.